The van der Waals surface area contributed by atoms with E-state index in [-0.39, 0.29) is 0 Å². The third-order valence-electron chi connectivity index (χ3n) is 1.48. The molecular formula is C9H11BrO2S. The van der Waals surface area contributed by atoms with Gasteiger partial charge in [-0.3, -0.25) is 0 Å². The summed E-state index contributed by atoms with van der Waals surface area (Å²) in [6, 6.07) is 7.94. The van der Waals surface area contributed by atoms with Crippen molar-refractivity contribution in [1.82, 2.24) is 0 Å². The molecule has 0 spiro atoms. The normalized spacial score (nSPS) is 12.8. The number of halogens is 1. The van der Waals surface area contributed by atoms with E-state index in [1.54, 1.807) is 11.8 Å². The van der Waals surface area contributed by atoms with Crippen molar-refractivity contribution in [3.05, 3.63) is 28.7 Å². The van der Waals surface area contributed by atoms with Crippen LogP contribution in [0.5, 0.6) is 0 Å². The van der Waals surface area contributed by atoms with Crippen LogP contribution in [0, 0.1) is 0 Å². The minimum atomic E-state index is -0.686. The second-order valence-corrected chi connectivity index (χ2v) is 4.46. The van der Waals surface area contributed by atoms with E-state index in [4.69, 9.17) is 9.84 Å². The van der Waals surface area contributed by atoms with Crippen molar-refractivity contribution >= 4 is 27.7 Å². The first-order valence-electron chi connectivity index (χ1n) is 3.81. The summed E-state index contributed by atoms with van der Waals surface area (Å²) in [6.45, 7) is 0. The maximum Gasteiger partial charge on any atom is 0.163 e. The van der Waals surface area contributed by atoms with Crippen LogP contribution in [-0.2, 0) is 4.74 Å². The van der Waals surface area contributed by atoms with Crippen LogP contribution in [0.25, 0.3) is 0 Å². The molecule has 0 aliphatic carbocycles. The van der Waals surface area contributed by atoms with Crippen LogP contribution < -0.4 is 0 Å². The molecule has 1 unspecified atom stereocenters. The Kier molecular flexibility index (Phi) is 4.80. The minimum Gasteiger partial charge on any atom is -0.367 e. The Labute approximate surface area is 90.4 Å². The van der Waals surface area contributed by atoms with Crippen LogP contribution in [0.15, 0.2) is 33.6 Å². The number of hydrogen-bond donors (Lipinski definition) is 1. The second kappa shape index (κ2) is 5.65. The molecule has 0 saturated carbocycles. The summed E-state index contributed by atoms with van der Waals surface area (Å²) in [5.74, 6) is 0.554. The Bertz CT molecular complexity index is 250. The van der Waals surface area contributed by atoms with Gasteiger partial charge >= 0.3 is 0 Å². The number of rotatable bonds is 4. The third kappa shape index (κ3) is 4.13. The largest absolute Gasteiger partial charge is 0.367 e. The number of aliphatic hydroxyl groups is 1. The van der Waals surface area contributed by atoms with Gasteiger partial charge in [0.2, 0.25) is 0 Å². The molecule has 13 heavy (non-hydrogen) atoms. The summed E-state index contributed by atoms with van der Waals surface area (Å²) in [7, 11) is 1.49. The zero-order chi connectivity index (χ0) is 9.68. The van der Waals surface area contributed by atoms with Crippen molar-refractivity contribution in [2.75, 3.05) is 12.9 Å². The number of thioether (sulfide) groups is 1. The second-order valence-electron chi connectivity index (χ2n) is 2.46. The van der Waals surface area contributed by atoms with E-state index in [1.807, 2.05) is 24.3 Å². The summed E-state index contributed by atoms with van der Waals surface area (Å²) in [5.41, 5.74) is 0. The fourth-order valence-electron chi connectivity index (χ4n) is 0.766. The summed E-state index contributed by atoms with van der Waals surface area (Å²) in [6.07, 6.45) is -0.686. The Morgan fingerprint density at radius 3 is 2.62 bits per heavy atom. The number of benzene rings is 1. The van der Waals surface area contributed by atoms with Gasteiger partial charge in [0, 0.05) is 22.2 Å². The number of aliphatic hydroxyl groups excluding tert-OH is 1. The predicted molar refractivity (Wildman–Crippen MR) is 57.9 cm³/mol. The van der Waals surface area contributed by atoms with E-state index < -0.39 is 6.29 Å². The molecule has 0 amide bonds. The monoisotopic (exact) mass is 262 g/mol. The van der Waals surface area contributed by atoms with Gasteiger partial charge in [0.15, 0.2) is 6.29 Å². The molecule has 1 rings (SSSR count). The molecule has 0 bridgehead atoms. The first-order valence-corrected chi connectivity index (χ1v) is 5.59. The highest BCUT2D eigenvalue weighted by Crippen LogP contribution is 2.21. The first kappa shape index (κ1) is 11.0. The maximum atomic E-state index is 9.12. The van der Waals surface area contributed by atoms with Gasteiger partial charge in [-0.1, -0.05) is 15.9 Å². The number of methoxy groups -OCH3 is 1. The van der Waals surface area contributed by atoms with E-state index in [0.29, 0.717) is 5.75 Å². The van der Waals surface area contributed by atoms with Crippen molar-refractivity contribution in [3.63, 3.8) is 0 Å². The van der Waals surface area contributed by atoms with Crippen LogP contribution in [0.4, 0.5) is 0 Å². The minimum absolute atomic E-state index is 0.554. The lowest BCUT2D eigenvalue weighted by molar-refractivity contribution is -0.0545. The summed E-state index contributed by atoms with van der Waals surface area (Å²) < 4.78 is 5.78. The zero-order valence-corrected chi connectivity index (χ0v) is 9.64. The van der Waals surface area contributed by atoms with Gasteiger partial charge in [0.1, 0.15) is 0 Å². The van der Waals surface area contributed by atoms with Crippen molar-refractivity contribution < 1.29 is 9.84 Å². The highest BCUT2D eigenvalue weighted by atomic mass is 79.9. The summed E-state index contributed by atoms with van der Waals surface area (Å²) in [4.78, 5) is 1.12. The van der Waals surface area contributed by atoms with Crippen molar-refractivity contribution in [2.24, 2.45) is 0 Å². The molecule has 0 aliphatic rings. The molecule has 2 nitrogen and oxygen atoms in total. The fraction of sp³-hybridized carbons (Fsp3) is 0.333. The van der Waals surface area contributed by atoms with E-state index in [2.05, 4.69) is 15.9 Å². The van der Waals surface area contributed by atoms with Crippen molar-refractivity contribution in [3.8, 4) is 0 Å². The molecule has 0 aromatic heterocycles. The molecule has 1 aromatic rings. The van der Waals surface area contributed by atoms with Gasteiger partial charge in [0.25, 0.3) is 0 Å². The van der Waals surface area contributed by atoms with E-state index in [9.17, 15) is 0 Å². The van der Waals surface area contributed by atoms with Gasteiger partial charge in [-0.2, -0.15) is 0 Å². The summed E-state index contributed by atoms with van der Waals surface area (Å²) >= 11 is 4.92. The molecule has 0 heterocycles. The average molecular weight is 263 g/mol. The Morgan fingerprint density at radius 2 is 2.08 bits per heavy atom. The molecule has 0 fully saturated rings. The molecule has 1 atom stereocenters. The average Bonchev–Trinajstić information content (AvgIpc) is 2.16. The zero-order valence-electron chi connectivity index (χ0n) is 7.24. The molecule has 0 saturated heterocycles. The van der Waals surface area contributed by atoms with Gasteiger partial charge in [-0.25, -0.2) is 0 Å². The highest BCUT2D eigenvalue weighted by molar-refractivity contribution is 9.10. The standard InChI is InChI=1S/C9H11BrO2S/c1-12-9(11)6-13-8-4-2-7(10)3-5-8/h2-5,9,11H,6H2,1H3. The van der Waals surface area contributed by atoms with Crippen LogP contribution in [0.1, 0.15) is 0 Å². The summed E-state index contributed by atoms with van der Waals surface area (Å²) in [5, 5.41) is 9.12. The van der Waals surface area contributed by atoms with Crippen molar-refractivity contribution in [2.45, 2.75) is 11.2 Å². The predicted octanol–water partition coefficient (Wildman–Crippen LogP) is 2.51. The molecule has 1 aromatic carbocycles. The molecule has 72 valence electrons. The Balaban J connectivity index is 2.41. The number of hydrogen-bond acceptors (Lipinski definition) is 3. The molecule has 0 radical (unpaired) electrons. The van der Waals surface area contributed by atoms with Crippen LogP contribution >= 0.6 is 27.7 Å². The van der Waals surface area contributed by atoms with E-state index in [1.165, 1.54) is 7.11 Å². The van der Waals surface area contributed by atoms with Crippen LogP contribution in [0.2, 0.25) is 0 Å². The lowest BCUT2D eigenvalue weighted by Gasteiger charge is -2.07. The molecule has 4 heteroatoms. The molecule has 1 N–H and O–H groups in total. The Hall–Kier alpha value is -0.0300. The van der Waals surface area contributed by atoms with Gasteiger partial charge < -0.3 is 9.84 Å². The first-order chi connectivity index (χ1) is 6.22. The quantitative estimate of drug-likeness (QED) is 0.668. The smallest absolute Gasteiger partial charge is 0.163 e. The van der Waals surface area contributed by atoms with Crippen LogP contribution in [0.3, 0.4) is 0 Å². The van der Waals surface area contributed by atoms with Gasteiger partial charge in [0.05, 0.1) is 0 Å². The topological polar surface area (TPSA) is 29.5 Å². The lowest BCUT2D eigenvalue weighted by atomic mass is 10.4. The van der Waals surface area contributed by atoms with E-state index in [0.717, 1.165) is 9.37 Å². The Morgan fingerprint density at radius 1 is 1.46 bits per heavy atom. The SMILES string of the molecule is COC(O)CSc1ccc(Br)cc1. The van der Waals surface area contributed by atoms with Gasteiger partial charge in [-0.15, -0.1) is 11.8 Å². The van der Waals surface area contributed by atoms with Crippen LogP contribution in [-0.4, -0.2) is 24.3 Å². The van der Waals surface area contributed by atoms with E-state index >= 15 is 0 Å². The van der Waals surface area contributed by atoms with Gasteiger partial charge in [-0.05, 0) is 24.3 Å². The third-order valence-corrected chi connectivity index (χ3v) is 3.06. The lowest BCUT2D eigenvalue weighted by Crippen LogP contribution is -2.11. The molecule has 0 aliphatic heterocycles. The maximum absolute atomic E-state index is 9.12. The fourth-order valence-corrected chi connectivity index (χ4v) is 1.83. The highest BCUT2D eigenvalue weighted by Gasteiger charge is 2.01. The number of ether oxygens (including phenoxy) is 1. The van der Waals surface area contributed by atoms with Crippen molar-refractivity contribution in [1.29, 1.82) is 0 Å². The molecular weight excluding hydrogens is 252 g/mol.